The molecule has 0 amide bonds. The highest BCUT2D eigenvalue weighted by molar-refractivity contribution is 5.98. The third-order valence-corrected chi connectivity index (χ3v) is 2.77. The second-order valence-electron chi connectivity index (χ2n) is 3.74. The summed E-state index contributed by atoms with van der Waals surface area (Å²) in [5.74, 6) is -0.231. The van der Waals surface area contributed by atoms with E-state index in [2.05, 4.69) is 5.32 Å². The van der Waals surface area contributed by atoms with Crippen molar-refractivity contribution in [2.75, 3.05) is 20.2 Å². The highest BCUT2D eigenvalue weighted by atomic mass is 35.5. The Balaban J connectivity index is 0.00000144. The lowest BCUT2D eigenvalue weighted by atomic mass is 9.94. The van der Waals surface area contributed by atoms with Gasteiger partial charge in [-0.25, -0.2) is 4.79 Å². The summed E-state index contributed by atoms with van der Waals surface area (Å²) < 4.78 is 4.80. The van der Waals surface area contributed by atoms with Crippen LogP contribution in [0.15, 0.2) is 35.9 Å². The largest absolute Gasteiger partial charge is 0.466 e. The molecule has 1 heterocycles. The number of hydrogen-bond acceptors (Lipinski definition) is 3. The first-order valence-corrected chi connectivity index (χ1v) is 5.39. The summed E-state index contributed by atoms with van der Waals surface area (Å²) in [6.07, 6.45) is 0.869. The van der Waals surface area contributed by atoms with E-state index in [-0.39, 0.29) is 18.4 Å². The van der Waals surface area contributed by atoms with Gasteiger partial charge in [0.2, 0.25) is 0 Å². The summed E-state index contributed by atoms with van der Waals surface area (Å²) >= 11 is 0. The molecule has 0 unspecified atom stereocenters. The van der Waals surface area contributed by atoms with Crippen molar-refractivity contribution in [3.63, 3.8) is 0 Å². The van der Waals surface area contributed by atoms with Gasteiger partial charge in [0.15, 0.2) is 0 Å². The Hall–Kier alpha value is -1.32. The zero-order valence-corrected chi connectivity index (χ0v) is 10.5. The lowest BCUT2D eigenvalue weighted by Crippen LogP contribution is -2.28. The molecule has 0 saturated heterocycles. The molecular formula is C13H16ClNO2. The summed E-state index contributed by atoms with van der Waals surface area (Å²) in [5.41, 5.74) is 2.97. The van der Waals surface area contributed by atoms with Crippen LogP contribution in [-0.4, -0.2) is 26.2 Å². The first-order chi connectivity index (χ1) is 7.83. The molecule has 1 aromatic rings. The third kappa shape index (κ3) is 3.08. The van der Waals surface area contributed by atoms with Crippen LogP contribution < -0.4 is 5.32 Å². The van der Waals surface area contributed by atoms with Crippen LogP contribution in [0.25, 0.3) is 5.57 Å². The van der Waals surface area contributed by atoms with E-state index in [0.29, 0.717) is 6.54 Å². The normalized spacial score (nSPS) is 15.1. The smallest absolute Gasteiger partial charge is 0.335 e. The number of carbonyl (C=O) groups excluding carboxylic acids is 1. The standard InChI is InChI=1S/C13H15NO2.ClH/c1-16-13(15)12-9-14-8-7-11(12)10-5-3-2-4-6-10;/h2-6,14H,7-9H2,1H3;1H. The van der Waals surface area contributed by atoms with Crippen molar-refractivity contribution in [1.82, 2.24) is 5.32 Å². The van der Waals surface area contributed by atoms with Gasteiger partial charge in [-0.3, -0.25) is 0 Å². The maximum absolute atomic E-state index is 11.6. The topological polar surface area (TPSA) is 38.3 Å². The van der Waals surface area contributed by atoms with Crippen molar-refractivity contribution >= 4 is 23.9 Å². The molecule has 4 heteroatoms. The predicted molar refractivity (Wildman–Crippen MR) is 70.1 cm³/mol. The van der Waals surface area contributed by atoms with Gasteiger partial charge in [0.1, 0.15) is 0 Å². The second kappa shape index (κ2) is 6.42. The first-order valence-electron chi connectivity index (χ1n) is 5.39. The van der Waals surface area contributed by atoms with Crippen LogP contribution in [0.3, 0.4) is 0 Å². The number of carbonyl (C=O) groups is 1. The fraction of sp³-hybridized carbons (Fsp3) is 0.308. The number of esters is 1. The molecule has 17 heavy (non-hydrogen) atoms. The van der Waals surface area contributed by atoms with Gasteiger partial charge in [-0.2, -0.15) is 0 Å². The van der Waals surface area contributed by atoms with E-state index in [1.54, 1.807) is 0 Å². The zero-order valence-electron chi connectivity index (χ0n) is 9.73. The molecule has 0 aromatic heterocycles. The molecule has 1 aromatic carbocycles. The number of methoxy groups -OCH3 is 1. The fourth-order valence-corrected chi connectivity index (χ4v) is 1.96. The summed E-state index contributed by atoms with van der Waals surface area (Å²) in [6.45, 7) is 1.50. The first kappa shape index (κ1) is 13.7. The van der Waals surface area contributed by atoms with Crippen molar-refractivity contribution in [1.29, 1.82) is 0 Å². The predicted octanol–water partition coefficient (Wildman–Crippen LogP) is 2.03. The number of rotatable bonds is 2. The third-order valence-electron chi connectivity index (χ3n) is 2.77. The molecule has 0 atom stereocenters. The highest BCUT2D eigenvalue weighted by Crippen LogP contribution is 2.24. The van der Waals surface area contributed by atoms with Gasteiger partial charge in [0.05, 0.1) is 12.7 Å². The van der Waals surface area contributed by atoms with Crippen LogP contribution in [0.1, 0.15) is 12.0 Å². The van der Waals surface area contributed by atoms with Crippen LogP contribution in [0.4, 0.5) is 0 Å². The van der Waals surface area contributed by atoms with Gasteiger partial charge in [-0.15, -0.1) is 12.4 Å². The lowest BCUT2D eigenvalue weighted by molar-refractivity contribution is -0.136. The second-order valence-corrected chi connectivity index (χ2v) is 3.74. The van der Waals surface area contributed by atoms with Crippen molar-refractivity contribution in [2.24, 2.45) is 0 Å². The Morgan fingerprint density at radius 1 is 1.29 bits per heavy atom. The number of halogens is 1. The van der Waals surface area contributed by atoms with Gasteiger partial charge in [-0.1, -0.05) is 30.3 Å². The van der Waals surface area contributed by atoms with Crippen LogP contribution in [0, 0.1) is 0 Å². The average Bonchev–Trinajstić information content (AvgIpc) is 2.39. The summed E-state index contributed by atoms with van der Waals surface area (Å²) in [5, 5.41) is 3.19. The van der Waals surface area contributed by atoms with Crippen molar-refractivity contribution in [3.05, 3.63) is 41.5 Å². The molecule has 92 valence electrons. The van der Waals surface area contributed by atoms with Crippen molar-refractivity contribution < 1.29 is 9.53 Å². The van der Waals surface area contributed by atoms with Crippen molar-refractivity contribution in [2.45, 2.75) is 6.42 Å². The maximum atomic E-state index is 11.6. The maximum Gasteiger partial charge on any atom is 0.335 e. The van der Waals surface area contributed by atoms with E-state index < -0.39 is 0 Å². The summed E-state index contributed by atoms with van der Waals surface area (Å²) in [7, 11) is 1.42. The number of hydrogen-bond donors (Lipinski definition) is 1. The monoisotopic (exact) mass is 253 g/mol. The molecule has 1 aliphatic rings. The fourth-order valence-electron chi connectivity index (χ4n) is 1.96. The molecule has 0 fully saturated rings. The average molecular weight is 254 g/mol. The molecule has 2 rings (SSSR count). The van der Waals surface area contributed by atoms with Crippen LogP contribution >= 0.6 is 12.4 Å². The Kier molecular flexibility index (Phi) is 5.19. The molecule has 3 nitrogen and oxygen atoms in total. The van der Waals surface area contributed by atoms with Crippen LogP contribution in [-0.2, 0) is 9.53 Å². The zero-order chi connectivity index (χ0) is 11.4. The Morgan fingerprint density at radius 3 is 2.65 bits per heavy atom. The Morgan fingerprint density at radius 2 is 2.00 bits per heavy atom. The lowest BCUT2D eigenvalue weighted by Gasteiger charge is -2.20. The number of ether oxygens (including phenoxy) is 1. The van der Waals surface area contributed by atoms with Crippen LogP contribution in [0.5, 0.6) is 0 Å². The number of nitrogens with one attached hydrogen (secondary N) is 1. The molecule has 0 aliphatic carbocycles. The van der Waals surface area contributed by atoms with Gasteiger partial charge in [0.25, 0.3) is 0 Å². The van der Waals surface area contributed by atoms with Gasteiger partial charge >= 0.3 is 5.97 Å². The molecular weight excluding hydrogens is 238 g/mol. The minimum atomic E-state index is -0.231. The molecule has 1 aliphatic heterocycles. The molecule has 0 bridgehead atoms. The molecule has 0 radical (unpaired) electrons. The van der Waals surface area contributed by atoms with Crippen LogP contribution in [0.2, 0.25) is 0 Å². The molecule has 0 saturated carbocycles. The SMILES string of the molecule is COC(=O)C1=C(c2ccccc2)CCNC1.Cl. The van der Waals surface area contributed by atoms with E-state index in [1.165, 1.54) is 7.11 Å². The Labute approximate surface area is 107 Å². The van der Waals surface area contributed by atoms with Gasteiger partial charge in [-0.05, 0) is 24.1 Å². The summed E-state index contributed by atoms with van der Waals surface area (Å²) in [4.78, 5) is 11.6. The number of benzene rings is 1. The minimum absolute atomic E-state index is 0. The van der Waals surface area contributed by atoms with E-state index in [1.807, 2.05) is 30.3 Å². The molecule has 1 N–H and O–H groups in total. The minimum Gasteiger partial charge on any atom is -0.466 e. The van der Waals surface area contributed by atoms with E-state index in [4.69, 9.17) is 4.74 Å². The highest BCUT2D eigenvalue weighted by Gasteiger charge is 2.20. The quantitative estimate of drug-likeness (QED) is 0.820. The van der Waals surface area contributed by atoms with Gasteiger partial charge < -0.3 is 10.1 Å². The van der Waals surface area contributed by atoms with Gasteiger partial charge in [0, 0.05) is 6.54 Å². The van der Waals surface area contributed by atoms with E-state index in [0.717, 1.165) is 29.7 Å². The van der Waals surface area contributed by atoms with Crippen molar-refractivity contribution in [3.8, 4) is 0 Å². The van der Waals surface area contributed by atoms with E-state index in [9.17, 15) is 4.79 Å². The Bertz CT molecular complexity index is 415. The summed E-state index contributed by atoms with van der Waals surface area (Å²) in [6, 6.07) is 10.0. The molecule has 0 spiro atoms. The van der Waals surface area contributed by atoms with E-state index >= 15 is 0 Å².